The van der Waals surface area contributed by atoms with Gasteiger partial charge in [-0.05, 0) is 56.0 Å². The number of nitrogens with zero attached hydrogens (tertiary/aromatic N) is 1. The number of amides is 1. The summed E-state index contributed by atoms with van der Waals surface area (Å²) < 4.78 is 12.9. The predicted octanol–water partition coefficient (Wildman–Crippen LogP) is 3.33. The molecule has 0 heterocycles. The molecule has 1 aromatic carbocycles. The molecule has 1 aromatic rings. The SMILES string of the molecule is CCN(C(=O)CCC(C)(C)CCN)c1ccc(F)cc1. The van der Waals surface area contributed by atoms with Crippen LogP contribution in [0.1, 0.15) is 40.0 Å². The van der Waals surface area contributed by atoms with Crippen molar-refractivity contribution in [3.05, 3.63) is 30.1 Å². The molecule has 0 saturated heterocycles. The third-order valence-corrected chi connectivity index (χ3v) is 3.59. The maximum absolute atomic E-state index is 12.9. The van der Waals surface area contributed by atoms with Crippen LogP contribution in [-0.2, 0) is 4.79 Å². The molecule has 0 aliphatic carbocycles. The fourth-order valence-corrected chi connectivity index (χ4v) is 2.22. The molecule has 0 aliphatic rings. The van der Waals surface area contributed by atoms with Gasteiger partial charge >= 0.3 is 0 Å². The van der Waals surface area contributed by atoms with Gasteiger partial charge in [-0.15, -0.1) is 0 Å². The lowest BCUT2D eigenvalue weighted by Gasteiger charge is -2.26. The number of rotatable bonds is 7. The van der Waals surface area contributed by atoms with E-state index in [4.69, 9.17) is 5.73 Å². The second kappa shape index (κ2) is 7.39. The molecular weight excluding hydrogens is 255 g/mol. The molecular formula is C16H25FN2O. The van der Waals surface area contributed by atoms with Crippen molar-refractivity contribution in [1.29, 1.82) is 0 Å². The summed E-state index contributed by atoms with van der Waals surface area (Å²) in [5, 5.41) is 0. The van der Waals surface area contributed by atoms with Gasteiger partial charge in [-0.3, -0.25) is 4.79 Å². The summed E-state index contributed by atoms with van der Waals surface area (Å²) in [7, 11) is 0. The molecule has 0 aliphatic heterocycles. The molecule has 1 rings (SSSR count). The largest absolute Gasteiger partial charge is 0.330 e. The highest BCUT2D eigenvalue weighted by molar-refractivity contribution is 5.93. The first-order valence-electron chi connectivity index (χ1n) is 7.15. The standard InChI is InChI=1S/C16H25FN2O/c1-4-19(14-7-5-13(17)6-8-14)15(20)9-10-16(2,3)11-12-18/h5-8H,4,9-12,18H2,1-3H3. The Bertz CT molecular complexity index is 429. The molecule has 0 bridgehead atoms. The van der Waals surface area contributed by atoms with E-state index in [0.717, 1.165) is 18.5 Å². The Balaban J connectivity index is 2.66. The van der Waals surface area contributed by atoms with Crippen molar-refractivity contribution in [3.63, 3.8) is 0 Å². The van der Waals surface area contributed by atoms with Gasteiger partial charge in [-0.2, -0.15) is 0 Å². The zero-order valence-corrected chi connectivity index (χ0v) is 12.7. The topological polar surface area (TPSA) is 46.3 Å². The number of carbonyl (C=O) groups excluding carboxylic acids is 1. The molecule has 0 unspecified atom stereocenters. The van der Waals surface area contributed by atoms with E-state index in [1.807, 2.05) is 6.92 Å². The van der Waals surface area contributed by atoms with Gasteiger partial charge in [0.05, 0.1) is 0 Å². The van der Waals surface area contributed by atoms with Gasteiger partial charge in [-0.1, -0.05) is 13.8 Å². The molecule has 0 fully saturated rings. The average molecular weight is 280 g/mol. The predicted molar refractivity (Wildman–Crippen MR) is 81.1 cm³/mol. The lowest BCUT2D eigenvalue weighted by atomic mass is 9.84. The summed E-state index contributed by atoms with van der Waals surface area (Å²) in [6.45, 7) is 7.40. The van der Waals surface area contributed by atoms with Crippen molar-refractivity contribution in [2.45, 2.75) is 40.0 Å². The Kier molecular flexibility index (Phi) is 6.14. The lowest BCUT2D eigenvalue weighted by Crippen LogP contribution is -2.31. The fourth-order valence-electron chi connectivity index (χ4n) is 2.22. The van der Waals surface area contributed by atoms with Crippen molar-refractivity contribution >= 4 is 11.6 Å². The normalized spacial score (nSPS) is 11.4. The molecule has 4 heteroatoms. The van der Waals surface area contributed by atoms with E-state index in [1.54, 1.807) is 17.0 Å². The van der Waals surface area contributed by atoms with Crippen LogP contribution in [0, 0.1) is 11.2 Å². The van der Waals surface area contributed by atoms with E-state index in [2.05, 4.69) is 13.8 Å². The zero-order chi connectivity index (χ0) is 15.2. The highest BCUT2D eigenvalue weighted by Crippen LogP contribution is 2.27. The van der Waals surface area contributed by atoms with Gasteiger partial charge in [0.15, 0.2) is 0 Å². The number of carbonyl (C=O) groups is 1. The number of anilines is 1. The molecule has 0 atom stereocenters. The first-order chi connectivity index (χ1) is 9.39. The minimum atomic E-state index is -0.290. The summed E-state index contributed by atoms with van der Waals surface area (Å²) in [4.78, 5) is 14.0. The average Bonchev–Trinajstić information content (AvgIpc) is 2.39. The summed E-state index contributed by atoms with van der Waals surface area (Å²) in [5.41, 5.74) is 6.40. The minimum Gasteiger partial charge on any atom is -0.330 e. The molecule has 0 saturated carbocycles. The van der Waals surface area contributed by atoms with Crippen LogP contribution < -0.4 is 10.6 Å². The van der Waals surface area contributed by atoms with Crippen LogP contribution in [0.4, 0.5) is 10.1 Å². The lowest BCUT2D eigenvalue weighted by molar-refractivity contribution is -0.119. The van der Waals surface area contributed by atoms with Gasteiger partial charge in [0.1, 0.15) is 5.82 Å². The Labute approximate surface area is 121 Å². The van der Waals surface area contributed by atoms with Gasteiger partial charge in [0.25, 0.3) is 0 Å². The van der Waals surface area contributed by atoms with Crippen LogP contribution in [0.15, 0.2) is 24.3 Å². The number of halogens is 1. The molecule has 112 valence electrons. The molecule has 0 aromatic heterocycles. The van der Waals surface area contributed by atoms with E-state index >= 15 is 0 Å². The van der Waals surface area contributed by atoms with E-state index < -0.39 is 0 Å². The van der Waals surface area contributed by atoms with E-state index in [9.17, 15) is 9.18 Å². The first kappa shape index (κ1) is 16.6. The molecule has 0 radical (unpaired) electrons. The summed E-state index contributed by atoms with van der Waals surface area (Å²) in [5.74, 6) is -0.217. The number of benzene rings is 1. The Morgan fingerprint density at radius 3 is 2.35 bits per heavy atom. The van der Waals surface area contributed by atoms with Crippen LogP contribution in [0.3, 0.4) is 0 Å². The van der Waals surface area contributed by atoms with E-state index in [-0.39, 0.29) is 17.1 Å². The van der Waals surface area contributed by atoms with Gasteiger partial charge in [-0.25, -0.2) is 4.39 Å². The van der Waals surface area contributed by atoms with Crippen LogP contribution in [0.2, 0.25) is 0 Å². The summed E-state index contributed by atoms with van der Waals surface area (Å²) in [6.07, 6.45) is 2.20. The second-order valence-corrected chi connectivity index (χ2v) is 5.82. The maximum Gasteiger partial charge on any atom is 0.226 e. The molecule has 3 nitrogen and oxygen atoms in total. The second-order valence-electron chi connectivity index (χ2n) is 5.82. The van der Waals surface area contributed by atoms with E-state index in [0.29, 0.717) is 19.5 Å². The quantitative estimate of drug-likeness (QED) is 0.832. The van der Waals surface area contributed by atoms with Crippen LogP contribution in [0.5, 0.6) is 0 Å². The highest BCUT2D eigenvalue weighted by atomic mass is 19.1. The third kappa shape index (κ3) is 4.93. The van der Waals surface area contributed by atoms with Crippen LogP contribution in [-0.4, -0.2) is 19.0 Å². The van der Waals surface area contributed by atoms with Crippen molar-refractivity contribution in [1.82, 2.24) is 0 Å². The van der Waals surface area contributed by atoms with Crippen molar-refractivity contribution in [2.75, 3.05) is 18.0 Å². The van der Waals surface area contributed by atoms with Crippen LogP contribution in [0.25, 0.3) is 0 Å². The monoisotopic (exact) mass is 280 g/mol. The summed E-state index contributed by atoms with van der Waals surface area (Å²) >= 11 is 0. The van der Waals surface area contributed by atoms with Crippen molar-refractivity contribution in [2.24, 2.45) is 11.1 Å². The molecule has 20 heavy (non-hydrogen) atoms. The Morgan fingerprint density at radius 2 is 1.85 bits per heavy atom. The minimum absolute atomic E-state index is 0.0733. The Morgan fingerprint density at radius 1 is 1.25 bits per heavy atom. The van der Waals surface area contributed by atoms with Crippen LogP contribution >= 0.6 is 0 Å². The third-order valence-electron chi connectivity index (χ3n) is 3.59. The molecule has 0 spiro atoms. The fraction of sp³-hybridized carbons (Fsp3) is 0.562. The van der Waals surface area contributed by atoms with Gasteiger partial charge in [0, 0.05) is 18.7 Å². The number of hydrogen-bond acceptors (Lipinski definition) is 2. The van der Waals surface area contributed by atoms with E-state index in [1.165, 1.54) is 12.1 Å². The summed E-state index contributed by atoms with van der Waals surface area (Å²) in [6, 6.07) is 6.04. The highest BCUT2D eigenvalue weighted by Gasteiger charge is 2.21. The smallest absolute Gasteiger partial charge is 0.226 e. The Hall–Kier alpha value is -1.42. The maximum atomic E-state index is 12.9. The molecule has 1 amide bonds. The number of nitrogens with two attached hydrogens (primary N) is 1. The van der Waals surface area contributed by atoms with Crippen molar-refractivity contribution < 1.29 is 9.18 Å². The molecule has 2 N–H and O–H groups in total. The van der Waals surface area contributed by atoms with Crippen molar-refractivity contribution in [3.8, 4) is 0 Å². The first-order valence-corrected chi connectivity index (χ1v) is 7.15. The van der Waals surface area contributed by atoms with Gasteiger partial charge < -0.3 is 10.6 Å². The number of hydrogen-bond donors (Lipinski definition) is 1. The van der Waals surface area contributed by atoms with Gasteiger partial charge in [0.2, 0.25) is 5.91 Å². The zero-order valence-electron chi connectivity index (χ0n) is 12.7.